The second kappa shape index (κ2) is 8.93. The van der Waals surface area contributed by atoms with E-state index in [0.29, 0.717) is 24.0 Å². The van der Waals surface area contributed by atoms with Crippen molar-refractivity contribution in [2.75, 3.05) is 11.9 Å². The van der Waals surface area contributed by atoms with Crippen LogP contribution in [0.1, 0.15) is 42.4 Å². The van der Waals surface area contributed by atoms with Crippen LogP contribution in [-0.4, -0.2) is 43.0 Å². The molecule has 0 spiro atoms. The van der Waals surface area contributed by atoms with Crippen LogP contribution in [0.3, 0.4) is 0 Å². The van der Waals surface area contributed by atoms with Crippen molar-refractivity contribution in [2.24, 2.45) is 4.40 Å². The molecule has 2 heterocycles. The molecular formula is C18H19F3N4O4S2. The van der Waals surface area contributed by atoms with Crippen LogP contribution >= 0.6 is 11.3 Å². The van der Waals surface area contributed by atoms with Gasteiger partial charge in [-0.3, -0.25) is 0 Å². The van der Waals surface area contributed by atoms with Crippen LogP contribution in [0.25, 0.3) is 0 Å². The molecule has 3 N–H and O–H groups in total. The summed E-state index contributed by atoms with van der Waals surface area (Å²) < 4.78 is 60.0. The van der Waals surface area contributed by atoms with Crippen molar-refractivity contribution >= 4 is 38.9 Å². The number of carboxylic acids is 1. The van der Waals surface area contributed by atoms with Crippen LogP contribution in [0.4, 0.5) is 18.9 Å². The third-order valence-corrected chi connectivity index (χ3v) is 6.80. The number of benzene rings is 1. The maximum Gasteiger partial charge on any atom is 0.490 e. The van der Waals surface area contributed by atoms with Gasteiger partial charge in [-0.2, -0.15) is 21.6 Å². The molecule has 0 radical (unpaired) electrons. The Kier molecular flexibility index (Phi) is 6.67. The van der Waals surface area contributed by atoms with E-state index in [4.69, 9.17) is 9.90 Å². The molecule has 168 valence electrons. The third kappa shape index (κ3) is 6.02. The number of aromatic nitrogens is 1. The number of fused-ring (bicyclic) bond motifs is 1. The van der Waals surface area contributed by atoms with Gasteiger partial charge < -0.3 is 15.7 Å². The summed E-state index contributed by atoms with van der Waals surface area (Å²) in [4.78, 5) is 13.8. The summed E-state index contributed by atoms with van der Waals surface area (Å²) in [5.41, 5.74) is 1.57. The van der Waals surface area contributed by atoms with E-state index in [9.17, 15) is 21.6 Å². The van der Waals surface area contributed by atoms with Crippen LogP contribution in [0, 0.1) is 0 Å². The zero-order valence-corrected chi connectivity index (χ0v) is 17.8. The van der Waals surface area contributed by atoms with Crippen molar-refractivity contribution in [1.82, 2.24) is 10.3 Å². The summed E-state index contributed by atoms with van der Waals surface area (Å²) in [6.45, 7) is 2.36. The third-order valence-electron chi connectivity index (χ3n) is 4.40. The fourth-order valence-corrected chi connectivity index (χ4v) is 4.85. The van der Waals surface area contributed by atoms with Crippen molar-refractivity contribution in [3.63, 3.8) is 0 Å². The molecule has 13 heteroatoms. The quantitative estimate of drug-likeness (QED) is 0.604. The lowest BCUT2D eigenvalue weighted by atomic mass is 10.2. The Balaban J connectivity index is 0.000000339. The molecule has 0 saturated heterocycles. The van der Waals surface area contributed by atoms with E-state index in [2.05, 4.69) is 25.4 Å². The first-order chi connectivity index (χ1) is 14.5. The van der Waals surface area contributed by atoms with Gasteiger partial charge in [0.05, 0.1) is 22.9 Å². The topological polar surface area (TPSA) is 121 Å². The molecule has 1 aliphatic carbocycles. The van der Waals surface area contributed by atoms with Crippen LogP contribution in [-0.2, 0) is 14.8 Å². The number of carboxylic acid groups (broad SMARTS) is 1. The van der Waals surface area contributed by atoms with Crippen LogP contribution in [0.15, 0.2) is 38.9 Å². The van der Waals surface area contributed by atoms with Crippen LogP contribution < -0.4 is 10.6 Å². The highest BCUT2D eigenvalue weighted by atomic mass is 32.2. The maximum atomic E-state index is 12.2. The predicted octanol–water partition coefficient (Wildman–Crippen LogP) is 3.52. The van der Waals surface area contributed by atoms with Gasteiger partial charge in [0, 0.05) is 17.3 Å². The van der Waals surface area contributed by atoms with Gasteiger partial charge >= 0.3 is 12.1 Å². The first kappa shape index (κ1) is 23.2. The SMILES string of the molecule is CC(NCC1=NS(=O)(=O)c2ccccc2N1)c1csc(C2CC2)n1.O=C(O)C(F)(F)F. The van der Waals surface area contributed by atoms with E-state index < -0.39 is 22.2 Å². The number of anilines is 1. The molecule has 1 aromatic heterocycles. The average molecular weight is 477 g/mol. The number of nitrogens with zero attached hydrogens (tertiary/aromatic N) is 2. The van der Waals surface area contributed by atoms with E-state index >= 15 is 0 Å². The largest absolute Gasteiger partial charge is 0.490 e. The summed E-state index contributed by atoms with van der Waals surface area (Å²) in [5, 5.41) is 16.8. The minimum atomic E-state index is -5.08. The molecule has 4 rings (SSSR count). The number of thiazole rings is 1. The monoisotopic (exact) mass is 476 g/mol. The van der Waals surface area contributed by atoms with Gasteiger partial charge in [0.15, 0.2) is 0 Å². The highest BCUT2D eigenvalue weighted by molar-refractivity contribution is 7.90. The molecule has 31 heavy (non-hydrogen) atoms. The molecule has 1 saturated carbocycles. The zero-order chi connectivity index (χ0) is 22.8. The van der Waals surface area contributed by atoms with Gasteiger partial charge in [0.25, 0.3) is 10.0 Å². The molecule has 0 amide bonds. The van der Waals surface area contributed by atoms with Crippen molar-refractivity contribution in [1.29, 1.82) is 0 Å². The summed E-state index contributed by atoms with van der Waals surface area (Å²) in [6.07, 6.45) is -2.60. The Bertz CT molecular complexity index is 1100. The van der Waals surface area contributed by atoms with Crippen molar-refractivity contribution < 1.29 is 31.5 Å². The van der Waals surface area contributed by atoms with Gasteiger partial charge in [0.1, 0.15) is 10.7 Å². The van der Waals surface area contributed by atoms with E-state index in [1.54, 1.807) is 35.6 Å². The molecule has 1 fully saturated rings. The smallest absolute Gasteiger partial charge is 0.475 e. The second-order valence-electron chi connectivity index (χ2n) is 6.92. The number of alkyl halides is 3. The molecule has 8 nitrogen and oxygen atoms in total. The Morgan fingerprint density at radius 3 is 2.61 bits per heavy atom. The number of sulfonamides is 1. The van der Waals surface area contributed by atoms with E-state index in [1.165, 1.54) is 17.8 Å². The Morgan fingerprint density at radius 2 is 2.00 bits per heavy atom. The standard InChI is InChI=1S/C16H18N4O2S2.C2HF3O2/c1-10(13-9-23-16(19-13)11-6-7-11)17-8-15-18-12-4-2-3-5-14(12)24(21,22)20-15;3-2(4,5)1(6)7/h2-5,9-11,17H,6-8H2,1H3,(H,18,20);(H,6,7). The van der Waals surface area contributed by atoms with Gasteiger partial charge in [-0.25, -0.2) is 9.78 Å². The van der Waals surface area contributed by atoms with Gasteiger partial charge in [-0.15, -0.1) is 15.7 Å². The predicted molar refractivity (Wildman–Crippen MR) is 109 cm³/mol. The maximum absolute atomic E-state index is 12.2. The van der Waals surface area contributed by atoms with Crippen LogP contribution in [0.2, 0.25) is 0 Å². The normalized spacial score (nSPS) is 18.0. The van der Waals surface area contributed by atoms with Crippen LogP contribution in [0.5, 0.6) is 0 Å². The molecular weight excluding hydrogens is 457 g/mol. The van der Waals surface area contributed by atoms with Crippen molar-refractivity contribution in [2.45, 2.75) is 42.8 Å². The molecule has 1 aromatic carbocycles. The summed E-state index contributed by atoms with van der Waals surface area (Å²) in [5.74, 6) is -1.70. The highest BCUT2D eigenvalue weighted by Gasteiger charge is 2.38. The molecule has 0 bridgehead atoms. The molecule has 1 unspecified atom stereocenters. The van der Waals surface area contributed by atoms with Gasteiger partial charge in [-0.1, -0.05) is 12.1 Å². The Morgan fingerprint density at radius 1 is 1.35 bits per heavy atom. The first-order valence-corrected chi connectivity index (χ1v) is 11.5. The van der Waals surface area contributed by atoms with E-state index in [-0.39, 0.29) is 10.9 Å². The second-order valence-corrected chi connectivity index (χ2v) is 9.39. The first-order valence-electron chi connectivity index (χ1n) is 9.16. The fraction of sp³-hybridized carbons (Fsp3) is 0.389. The lowest BCUT2D eigenvalue weighted by molar-refractivity contribution is -0.192. The van der Waals surface area contributed by atoms with E-state index in [1.807, 2.05) is 6.92 Å². The minimum Gasteiger partial charge on any atom is -0.475 e. The molecule has 1 atom stereocenters. The number of carbonyl (C=O) groups is 1. The molecule has 2 aliphatic rings. The number of aliphatic carboxylic acids is 1. The van der Waals surface area contributed by atoms with Crippen molar-refractivity contribution in [3.8, 4) is 0 Å². The van der Waals surface area contributed by atoms with Gasteiger partial charge in [-0.05, 0) is 31.9 Å². The number of hydrogen-bond donors (Lipinski definition) is 3. The summed E-state index contributed by atoms with van der Waals surface area (Å²) >= 11 is 1.71. The number of hydrogen-bond acceptors (Lipinski definition) is 7. The Labute approximate surface area is 180 Å². The molecule has 2 aromatic rings. The lowest BCUT2D eigenvalue weighted by Crippen LogP contribution is -2.33. The number of amidine groups is 1. The number of nitrogens with one attached hydrogen (secondary N) is 2. The highest BCUT2D eigenvalue weighted by Crippen LogP contribution is 2.41. The summed E-state index contributed by atoms with van der Waals surface area (Å²) in [6, 6.07) is 6.84. The van der Waals surface area contributed by atoms with E-state index in [0.717, 1.165) is 5.69 Å². The minimum absolute atomic E-state index is 0.0399. The summed E-state index contributed by atoms with van der Waals surface area (Å²) in [7, 11) is -3.63. The zero-order valence-electron chi connectivity index (χ0n) is 16.2. The number of rotatable bonds is 5. The average Bonchev–Trinajstić information content (AvgIpc) is 3.42. The molecule has 1 aliphatic heterocycles. The van der Waals surface area contributed by atoms with Crippen molar-refractivity contribution in [3.05, 3.63) is 40.3 Å². The van der Waals surface area contributed by atoms with Gasteiger partial charge in [0.2, 0.25) is 0 Å². The number of para-hydroxylation sites is 1. The lowest BCUT2D eigenvalue weighted by Gasteiger charge is -2.19. The number of halogens is 3. The Hall–Kier alpha value is -2.51. The fourth-order valence-electron chi connectivity index (χ4n) is 2.62.